The van der Waals surface area contributed by atoms with Crippen molar-refractivity contribution in [2.75, 3.05) is 7.11 Å². The number of nitrogens with zero attached hydrogens (tertiary/aromatic N) is 4. The number of aromatic nitrogens is 4. The molecule has 0 saturated carbocycles. The number of ether oxygens (including phenoxy) is 1. The van der Waals surface area contributed by atoms with Gasteiger partial charge < -0.3 is 10.1 Å². The molecule has 0 saturated heterocycles. The summed E-state index contributed by atoms with van der Waals surface area (Å²) in [7, 11) is 1.54. The summed E-state index contributed by atoms with van der Waals surface area (Å²) in [5, 5.41) is 6.84. The molecule has 0 fully saturated rings. The van der Waals surface area contributed by atoms with E-state index in [4.69, 9.17) is 4.74 Å². The van der Waals surface area contributed by atoms with Gasteiger partial charge in [0.2, 0.25) is 0 Å². The first kappa shape index (κ1) is 20.4. The number of pyridine rings is 1. The van der Waals surface area contributed by atoms with Gasteiger partial charge in [-0.05, 0) is 55.0 Å². The van der Waals surface area contributed by atoms with Gasteiger partial charge >= 0.3 is 0 Å². The summed E-state index contributed by atoms with van der Waals surface area (Å²) in [5.74, 6) is 0.173. The summed E-state index contributed by atoms with van der Waals surface area (Å²) in [5.41, 5.74) is 1.60. The van der Waals surface area contributed by atoms with Crippen LogP contribution >= 0.6 is 0 Å². The lowest BCUT2D eigenvalue weighted by Crippen LogP contribution is -2.26. The molecule has 4 aromatic rings. The molecule has 0 unspecified atom stereocenters. The average molecular weight is 423 g/mol. The van der Waals surface area contributed by atoms with E-state index in [0.29, 0.717) is 17.0 Å². The maximum atomic E-state index is 13.7. The van der Waals surface area contributed by atoms with Gasteiger partial charge in [0.25, 0.3) is 12.3 Å². The Morgan fingerprint density at radius 3 is 2.48 bits per heavy atom. The van der Waals surface area contributed by atoms with Gasteiger partial charge in [0.05, 0.1) is 25.0 Å². The molecule has 4 rings (SSSR count). The highest BCUT2D eigenvalue weighted by Gasteiger charge is 2.22. The summed E-state index contributed by atoms with van der Waals surface area (Å²) in [6, 6.07) is 11.4. The van der Waals surface area contributed by atoms with Crippen LogP contribution in [-0.4, -0.2) is 32.6 Å². The lowest BCUT2D eigenvalue weighted by Gasteiger charge is -2.14. The maximum Gasteiger partial charge on any atom is 0.280 e. The van der Waals surface area contributed by atoms with E-state index in [1.165, 1.54) is 12.3 Å². The topological polar surface area (TPSA) is 81.4 Å². The van der Waals surface area contributed by atoms with Gasteiger partial charge in [-0.1, -0.05) is 0 Å². The first-order valence-corrected chi connectivity index (χ1v) is 9.50. The Labute approximate surface area is 176 Å². The highest BCUT2D eigenvalue weighted by molar-refractivity contribution is 6.00. The number of carbonyl (C=O) groups excluding carboxylic acids is 1. The highest BCUT2D eigenvalue weighted by atomic mass is 19.3. The number of fused-ring (bicyclic) bond motifs is 1. The van der Waals surface area contributed by atoms with Crippen molar-refractivity contribution in [3.63, 3.8) is 0 Å². The summed E-state index contributed by atoms with van der Waals surface area (Å²) < 4.78 is 33.6. The average Bonchev–Trinajstić information content (AvgIpc) is 3.23. The van der Waals surface area contributed by atoms with Crippen LogP contribution in [0.25, 0.3) is 16.9 Å². The molecule has 1 amide bonds. The number of halogens is 2. The maximum absolute atomic E-state index is 13.7. The molecular formula is C22H19F2N5O2. The fourth-order valence-corrected chi connectivity index (χ4v) is 3.22. The summed E-state index contributed by atoms with van der Waals surface area (Å²) in [4.78, 5) is 21.3. The van der Waals surface area contributed by atoms with E-state index in [1.807, 2.05) is 6.92 Å². The van der Waals surface area contributed by atoms with Gasteiger partial charge in [-0.25, -0.2) is 18.3 Å². The Morgan fingerprint density at radius 1 is 1.13 bits per heavy atom. The van der Waals surface area contributed by atoms with E-state index in [2.05, 4.69) is 20.4 Å². The van der Waals surface area contributed by atoms with Crippen molar-refractivity contribution in [2.45, 2.75) is 19.4 Å². The zero-order valence-corrected chi connectivity index (χ0v) is 16.8. The molecule has 0 bridgehead atoms. The molecule has 158 valence electrons. The second-order valence-corrected chi connectivity index (χ2v) is 6.86. The monoisotopic (exact) mass is 423 g/mol. The van der Waals surface area contributed by atoms with Gasteiger partial charge in [0.1, 0.15) is 17.0 Å². The van der Waals surface area contributed by atoms with Crippen LogP contribution < -0.4 is 10.1 Å². The van der Waals surface area contributed by atoms with Crippen molar-refractivity contribution in [3.05, 3.63) is 77.9 Å². The minimum atomic E-state index is -2.80. The molecule has 7 nitrogen and oxygen atoms in total. The normalized spacial score (nSPS) is 12.2. The van der Waals surface area contributed by atoms with E-state index in [9.17, 15) is 13.6 Å². The smallest absolute Gasteiger partial charge is 0.280 e. The molecule has 0 aliphatic heterocycles. The predicted molar refractivity (Wildman–Crippen MR) is 110 cm³/mol. The van der Waals surface area contributed by atoms with Crippen molar-refractivity contribution in [1.82, 2.24) is 24.9 Å². The zero-order valence-electron chi connectivity index (χ0n) is 16.8. The van der Waals surface area contributed by atoms with Crippen LogP contribution in [0.5, 0.6) is 5.75 Å². The van der Waals surface area contributed by atoms with E-state index in [0.717, 1.165) is 10.1 Å². The van der Waals surface area contributed by atoms with E-state index < -0.39 is 12.3 Å². The standard InChI is InChI=1S/C22H19F2N5O2/c1-13(14-7-9-25-10-8-14)27-22(30)17-12-26-29-19(20(23)24)11-18(28-21(17)29)15-3-5-16(31-2)6-4-15/h3-13,20H,1-2H3,(H,27,30)/t13-/m1/s1. The fourth-order valence-electron chi connectivity index (χ4n) is 3.22. The summed E-state index contributed by atoms with van der Waals surface area (Å²) in [6.07, 6.45) is 1.71. The van der Waals surface area contributed by atoms with E-state index in [-0.39, 0.29) is 22.9 Å². The lowest BCUT2D eigenvalue weighted by atomic mass is 10.1. The quantitative estimate of drug-likeness (QED) is 0.502. The molecule has 0 aliphatic carbocycles. The predicted octanol–water partition coefficient (Wildman–Crippen LogP) is 4.23. The fraction of sp³-hybridized carbons (Fsp3) is 0.182. The molecule has 1 atom stereocenters. The molecule has 0 spiro atoms. The zero-order chi connectivity index (χ0) is 22.0. The van der Waals surface area contributed by atoms with E-state index in [1.54, 1.807) is 55.9 Å². The third-order valence-corrected chi connectivity index (χ3v) is 4.91. The Kier molecular flexibility index (Phi) is 5.57. The van der Waals surface area contributed by atoms with Crippen molar-refractivity contribution in [3.8, 4) is 17.0 Å². The van der Waals surface area contributed by atoms with Crippen LogP contribution in [0, 0.1) is 0 Å². The van der Waals surface area contributed by atoms with Crippen LogP contribution in [0.2, 0.25) is 0 Å². The highest BCUT2D eigenvalue weighted by Crippen LogP contribution is 2.28. The van der Waals surface area contributed by atoms with Crippen molar-refractivity contribution < 1.29 is 18.3 Å². The molecular weight excluding hydrogens is 404 g/mol. The van der Waals surface area contributed by atoms with Gasteiger partial charge in [-0.15, -0.1) is 0 Å². The minimum Gasteiger partial charge on any atom is -0.497 e. The van der Waals surface area contributed by atoms with Crippen LogP contribution in [0.3, 0.4) is 0 Å². The molecule has 3 heterocycles. The van der Waals surface area contributed by atoms with Crippen molar-refractivity contribution in [2.24, 2.45) is 0 Å². The van der Waals surface area contributed by atoms with Crippen LogP contribution in [-0.2, 0) is 0 Å². The number of hydrogen-bond acceptors (Lipinski definition) is 5. The molecule has 0 aliphatic rings. The minimum absolute atomic E-state index is 0.0584. The van der Waals surface area contributed by atoms with Crippen LogP contribution in [0.4, 0.5) is 8.78 Å². The second kappa shape index (κ2) is 8.47. The van der Waals surface area contributed by atoms with Crippen molar-refractivity contribution >= 4 is 11.6 Å². The van der Waals surface area contributed by atoms with Crippen molar-refractivity contribution in [1.29, 1.82) is 0 Å². The number of methoxy groups -OCH3 is 1. The third-order valence-electron chi connectivity index (χ3n) is 4.91. The number of amides is 1. The largest absolute Gasteiger partial charge is 0.497 e. The number of alkyl halides is 2. The SMILES string of the molecule is COc1ccc(-c2cc(C(F)F)n3ncc(C(=O)N[C@H](C)c4ccncc4)c3n2)cc1. The van der Waals surface area contributed by atoms with Gasteiger partial charge in [-0.3, -0.25) is 9.78 Å². The molecule has 9 heteroatoms. The van der Waals surface area contributed by atoms with Crippen LogP contribution in [0.15, 0.2) is 61.1 Å². The Hall–Kier alpha value is -3.88. The molecule has 31 heavy (non-hydrogen) atoms. The van der Waals surface area contributed by atoms with Gasteiger partial charge in [-0.2, -0.15) is 5.10 Å². The van der Waals surface area contributed by atoms with Gasteiger partial charge in [0, 0.05) is 18.0 Å². The first-order chi connectivity index (χ1) is 15.0. The Balaban J connectivity index is 1.74. The number of benzene rings is 1. The van der Waals surface area contributed by atoms with E-state index >= 15 is 0 Å². The van der Waals surface area contributed by atoms with Gasteiger partial charge in [0.15, 0.2) is 5.65 Å². The molecule has 1 N–H and O–H groups in total. The Morgan fingerprint density at radius 2 is 1.84 bits per heavy atom. The molecule has 0 radical (unpaired) electrons. The second-order valence-electron chi connectivity index (χ2n) is 6.86. The molecule has 1 aromatic carbocycles. The van der Waals surface area contributed by atoms with Crippen LogP contribution in [0.1, 0.15) is 41.0 Å². The molecule has 3 aromatic heterocycles. The first-order valence-electron chi connectivity index (χ1n) is 9.50. The Bertz CT molecular complexity index is 1210. The summed E-state index contributed by atoms with van der Waals surface area (Å²) in [6.45, 7) is 1.82. The number of nitrogens with one attached hydrogen (secondary N) is 1. The number of carbonyl (C=O) groups is 1. The third kappa shape index (κ3) is 4.07. The number of hydrogen-bond donors (Lipinski definition) is 1. The summed E-state index contributed by atoms with van der Waals surface area (Å²) >= 11 is 0. The lowest BCUT2D eigenvalue weighted by molar-refractivity contribution is 0.0941. The number of rotatable bonds is 6.